The topological polar surface area (TPSA) is 71.9 Å². The summed E-state index contributed by atoms with van der Waals surface area (Å²) in [5.74, 6) is 0.999. The van der Waals surface area contributed by atoms with Crippen molar-refractivity contribution in [3.8, 4) is 34.2 Å². The Labute approximate surface area is 155 Å². The lowest BCUT2D eigenvalue weighted by Gasteiger charge is -2.16. The van der Waals surface area contributed by atoms with Crippen molar-refractivity contribution < 1.29 is 4.74 Å². The highest BCUT2D eigenvalue weighted by molar-refractivity contribution is 9.10. The predicted octanol–water partition coefficient (Wildman–Crippen LogP) is 4.95. The molecule has 0 unspecified atom stereocenters. The van der Waals surface area contributed by atoms with Gasteiger partial charge in [-0.2, -0.15) is 5.26 Å². The number of halogens is 1. The number of benzene rings is 2. The summed E-state index contributed by atoms with van der Waals surface area (Å²) in [5, 5.41) is 9.60. The molecule has 25 heavy (non-hydrogen) atoms. The van der Waals surface area contributed by atoms with Gasteiger partial charge in [0.05, 0.1) is 12.8 Å². The zero-order valence-corrected chi connectivity index (χ0v) is 15.5. The van der Waals surface area contributed by atoms with E-state index in [1.54, 1.807) is 7.11 Å². The van der Waals surface area contributed by atoms with Gasteiger partial charge in [0.1, 0.15) is 23.2 Å². The second-order valence-corrected chi connectivity index (χ2v) is 6.40. The molecular formula is C20H16BrN3O. The minimum Gasteiger partial charge on any atom is -0.497 e. The molecular weight excluding hydrogens is 378 g/mol. The second-order valence-electron chi connectivity index (χ2n) is 5.54. The number of rotatable bonds is 3. The first-order valence-electron chi connectivity index (χ1n) is 7.66. The number of hydrogen-bond donors (Lipinski definition) is 1. The standard InChI is InChI=1S/C20H16BrN3O/c1-12-18(15-5-3-4-6-17(15)21)16(11-22)20(23)24-19(12)13-7-9-14(25-2)10-8-13/h3-10H,1-2H3,(H2,23,24). The van der Waals surface area contributed by atoms with Crippen molar-refractivity contribution in [3.63, 3.8) is 0 Å². The van der Waals surface area contributed by atoms with Crippen molar-refractivity contribution in [3.05, 3.63) is 64.1 Å². The fraction of sp³-hybridized carbons (Fsp3) is 0.100. The molecule has 5 heteroatoms. The molecule has 0 spiro atoms. The van der Waals surface area contributed by atoms with E-state index in [1.807, 2.05) is 55.5 Å². The Hall–Kier alpha value is -2.84. The van der Waals surface area contributed by atoms with E-state index in [9.17, 15) is 5.26 Å². The number of ether oxygens (including phenoxy) is 1. The van der Waals surface area contributed by atoms with Crippen LogP contribution in [0.5, 0.6) is 5.75 Å². The third kappa shape index (κ3) is 3.09. The van der Waals surface area contributed by atoms with Crippen LogP contribution in [0.3, 0.4) is 0 Å². The third-order valence-corrected chi connectivity index (χ3v) is 4.78. The highest BCUT2D eigenvalue weighted by Crippen LogP contribution is 2.38. The van der Waals surface area contributed by atoms with E-state index in [0.717, 1.165) is 38.2 Å². The van der Waals surface area contributed by atoms with Gasteiger partial charge in [0.25, 0.3) is 0 Å². The first-order valence-corrected chi connectivity index (χ1v) is 8.45. The van der Waals surface area contributed by atoms with Crippen LogP contribution in [0.4, 0.5) is 5.82 Å². The van der Waals surface area contributed by atoms with E-state index in [0.29, 0.717) is 5.56 Å². The van der Waals surface area contributed by atoms with Gasteiger partial charge in [0.2, 0.25) is 0 Å². The molecule has 2 N–H and O–H groups in total. The molecule has 4 nitrogen and oxygen atoms in total. The molecule has 3 rings (SSSR count). The van der Waals surface area contributed by atoms with E-state index in [-0.39, 0.29) is 5.82 Å². The largest absolute Gasteiger partial charge is 0.497 e. The molecule has 0 radical (unpaired) electrons. The molecule has 0 aliphatic heterocycles. The van der Waals surface area contributed by atoms with Gasteiger partial charge in [-0.3, -0.25) is 0 Å². The van der Waals surface area contributed by atoms with E-state index < -0.39 is 0 Å². The van der Waals surface area contributed by atoms with E-state index in [2.05, 4.69) is 27.0 Å². The van der Waals surface area contributed by atoms with Crippen LogP contribution in [0.2, 0.25) is 0 Å². The minimum atomic E-state index is 0.227. The molecule has 2 aromatic carbocycles. The van der Waals surface area contributed by atoms with Crippen LogP contribution in [0.1, 0.15) is 11.1 Å². The first-order chi connectivity index (χ1) is 12.1. The Morgan fingerprint density at radius 2 is 1.80 bits per heavy atom. The van der Waals surface area contributed by atoms with Crippen molar-refractivity contribution in [1.29, 1.82) is 5.26 Å². The Bertz CT molecular complexity index is 975. The normalized spacial score (nSPS) is 10.3. The summed E-state index contributed by atoms with van der Waals surface area (Å²) < 4.78 is 6.11. The molecule has 0 amide bonds. The van der Waals surface area contributed by atoms with Gasteiger partial charge >= 0.3 is 0 Å². The van der Waals surface area contributed by atoms with Gasteiger partial charge in [-0.25, -0.2) is 4.98 Å². The summed E-state index contributed by atoms with van der Waals surface area (Å²) in [5.41, 5.74) is 10.8. The Morgan fingerprint density at radius 1 is 1.12 bits per heavy atom. The number of hydrogen-bond acceptors (Lipinski definition) is 4. The van der Waals surface area contributed by atoms with E-state index in [1.165, 1.54) is 0 Å². The van der Waals surface area contributed by atoms with Crippen LogP contribution >= 0.6 is 15.9 Å². The SMILES string of the molecule is COc1ccc(-c2nc(N)c(C#N)c(-c3ccccc3Br)c2C)cc1. The third-order valence-electron chi connectivity index (χ3n) is 4.09. The molecule has 0 atom stereocenters. The maximum Gasteiger partial charge on any atom is 0.142 e. The fourth-order valence-electron chi connectivity index (χ4n) is 2.84. The number of nitrogens with zero attached hydrogens (tertiary/aromatic N) is 2. The second kappa shape index (κ2) is 6.96. The Balaban J connectivity index is 2.29. The zero-order chi connectivity index (χ0) is 18.0. The monoisotopic (exact) mass is 393 g/mol. The van der Waals surface area contributed by atoms with Crippen molar-refractivity contribution in [2.75, 3.05) is 12.8 Å². The summed E-state index contributed by atoms with van der Waals surface area (Å²) in [7, 11) is 1.63. The van der Waals surface area contributed by atoms with Crippen LogP contribution in [0, 0.1) is 18.3 Å². The summed E-state index contributed by atoms with van der Waals surface area (Å²) in [6, 6.07) is 17.6. The van der Waals surface area contributed by atoms with Gasteiger partial charge in [-0.1, -0.05) is 34.1 Å². The molecule has 3 aromatic rings. The number of methoxy groups -OCH3 is 1. The van der Waals surface area contributed by atoms with Crippen LogP contribution < -0.4 is 10.5 Å². The van der Waals surface area contributed by atoms with Gasteiger partial charge in [0, 0.05) is 15.6 Å². The van der Waals surface area contributed by atoms with Gasteiger partial charge in [-0.15, -0.1) is 0 Å². The zero-order valence-electron chi connectivity index (χ0n) is 13.9. The molecule has 0 saturated carbocycles. The highest BCUT2D eigenvalue weighted by Gasteiger charge is 2.19. The molecule has 1 aromatic heterocycles. The maximum atomic E-state index is 9.60. The number of pyridine rings is 1. The van der Waals surface area contributed by atoms with Crippen LogP contribution in [-0.4, -0.2) is 12.1 Å². The predicted molar refractivity (Wildman–Crippen MR) is 103 cm³/mol. The summed E-state index contributed by atoms with van der Waals surface area (Å²) in [6.07, 6.45) is 0. The van der Waals surface area contributed by atoms with Gasteiger partial charge in [-0.05, 0) is 48.4 Å². The number of nitrogen functional groups attached to an aromatic ring is 1. The average molecular weight is 394 g/mol. The smallest absolute Gasteiger partial charge is 0.142 e. The van der Waals surface area contributed by atoms with Crippen molar-refractivity contribution in [1.82, 2.24) is 4.98 Å². The number of aromatic nitrogens is 1. The van der Waals surface area contributed by atoms with Crippen LogP contribution in [-0.2, 0) is 0 Å². The lowest BCUT2D eigenvalue weighted by Crippen LogP contribution is -2.03. The molecule has 124 valence electrons. The van der Waals surface area contributed by atoms with Crippen LogP contribution in [0.15, 0.2) is 53.0 Å². The van der Waals surface area contributed by atoms with Crippen molar-refractivity contribution >= 4 is 21.7 Å². The average Bonchev–Trinajstić information content (AvgIpc) is 2.64. The molecule has 1 heterocycles. The molecule has 0 bridgehead atoms. The number of nitrogens with two attached hydrogens (primary N) is 1. The lowest BCUT2D eigenvalue weighted by molar-refractivity contribution is 0.415. The molecule has 0 aliphatic carbocycles. The molecule has 0 saturated heterocycles. The van der Waals surface area contributed by atoms with Crippen LogP contribution in [0.25, 0.3) is 22.4 Å². The summed E-state index contributed by atoms with van der Waals surface area (Å²) >= 11 is 3.57. The van der Waals surface area contributed by atoms with E-state index in [4.69, 9.17) is 10.5 Å². The maximum absolute atomic E-state index is 9.60. The first kappa shape index (κ1) is 17.0. The van der Waals surface area contributed by atoms with Gasteiger partial charge in [0.15, 0.2) is 0 Å². The molecule has 0 fully saturated rings. The van der Waals surface area contributed by atoms with E-state index >= 15 is 0 Å². The quantitative estimate of drug-likeness (QED) is 0.682. The van der Waals surface area contributed by atoms with Crippen molar-refractivity contribution in [2.24, 2.45) is 0 Å². The highest BCUT2D eigenvalue weighted by atomic mass is 79.9. The summed E-state index contributed by atoms with van der Waals surface area (Å²) in [6.45, 7) is 1.96. The summed E-state index contributed by atoms with van der Waals surface area (Å²) in [4.78, 5) is 4.48. The Kier molecular flexibility index (Phi) is 4.73. The molecule has 0 aliphatic rings. The minimum absolute atomic E-state index is 0.227. The number of anilines is 1. The number of nitriles is 1. The van der Waals surface area contributed by atoms with Crippen molar-refractivity contribution in [2.45, 2.75) is 6.92 Å². The lowest BCUT2D eigenvalue weighted by atomic mass is 9.93. The Morgan fingerprint density at radius 3 is 2.40 bits per heavy atom. The fourth-order valence-corrected chi connectivity index (χ4v) is 3.32. The van der Waals surface area contributed by atoms with Gasteiger partial charge < -0.3 is 10.5 Å².